The lowest BCUT2D eigenvalue weighted by Gasteiger charge is -2.26. The highest BCUT2D eigenvalue weighted by atomic mass is 16.5. The molecule has 1 aliphatic rings. The van der Waals surface area contributed by atoms with E-state index in [1.54, 1.807) is 0 Å². The first kappa shape index (κ1) is 19.4. The number of amides is 1. The highest BCUT2D eigenvalue weighted by Crippen LogP contribution is 2.14. The van der Waals surface area contributed by atoms with Gasteiger partial charge in [0.15, 0.2) is 0 Å². The number of carbonyl (C=O) groups excluding carboxylic acids is 1. The summed E-state index contributed by atoms with van der Waals surface area (Å²) < 4.78 is 5.43. The van der Waals surface area contributed by atoms with Gasteiger partial charge in [-0.15, -0.1) is 0 Å². The van der Waals surface area contributed by atoms with E-state index in [2.05, 4.69) is 34.5 Å². The quantitative estimate of drug-likeness (QED) is 0.770. The Labute approximate surface area is 162 Å². The second kappa shape index (κ2) is 10.1. The summed E-state index contributed by atoms with van der Waals surface area (Å²) >= 11 is 0. The second-order valence-electron chi connectivity index (χ2n) is 7.18. The van der Waals surface area contributed by atoms with Crippen LogP contribution in [0.15, 0.2) is 48.5 Å². The summed E-state index contributed by atoms with van der Waals surface area (Å²) in [6, 6.07) is 16.3. The molecular formula is C23H30N2O2. The molecule has 0 aromatic heterocycles. The fraction of sp³-hybridized carbons (Fsp3) is 0.435. The molecule has 0 unspecified atom stereocenters. The number of carbonyl (C=O) groups is 1. The Bertz CT molecular complexity index is 704. The highest BCUT2D eigenvalue weighted by Gasteiger charge is 2.10. The first-order valence-corrected chi connectivity index (χ1v) is 10.0. The van der Waals surface area contributed by atoms with E-state index in [4.69, 9.17) is 4.74 Å². The average Bonchev–Trinajstić information content (AvgIpc) is 2.70. The Balaban J connectivity index is 1.42. The maximum atomic E-state index is 12.2. The largest absolute Gasteiger partial charge is 0.494 e. The molecule has 2 aromatic rings. The molecule has 1 heterocycles. The standard InChI is InChI=1S/C23H30N2O2/c1-2-27-22-12-10-19(11-13-22)16-23(26)24-17-20-6-8-21(9-7-20)18-25-14-4-3-5-15-25/h6-13H,2-5,14-18H2,1H3,(H,24,26). The SMILES string of the molecule is CCOc1ccc(CC(=O)NCc2ccc(CN3CCCCC3)cc2)cc1. The number of nitrogens with zero attached hydrogens (tertiary/aromatic N) is 1. The zero-order chi connectivity index (χ0) is 18.9. The van der Waals surface area contributed by atoms with Crippen molar-refractivity contribution in [1.82, 2.24) is 10.2 Å². The Morgan fingerprint density at radius 3 is 2.22 bits per heavy atom. The normalized spacial score (nSPS) is 14.7. The van der Waals surface area contributed by atoms with Crippen LogP contribution < -0.4 is 10.1 Å². The van der Waals surface area contributed by atoms with Gasteiger partial charge in [0, 0.05) is 13.1 Å². The fourth-order valence-corrected chi connectivity index (χ4v) is 3.46. The van der Waals surface area contributed by atoms with Crippen molar-refractivity contribution in [2.24, 2.45) is 0 Å². The van der Waals surface area contributed by atoms with Crippen LogP contribution >= 0.6 is 0 Å². The van der Waals surface area contributed by atoms with Crippen molar-refractivity contribution < 1.29 is 9.53 Å². The van der Waals surface area contributed by atoms with Crippen LogP contribution in [0.5, 0.6) is 5.75 Å². The van der Waals surface area contributed by atoms with Gasteiger partial charge in [0.2, 0.25) is 5.91 Å². The summed E-state index contributed by atoms with van der Waals surface area (Å²) in [5, 5.41) is 3.01. The third-order valence-corrected chi connectivity index (χ3v) is 4.97. The molecule has 4 heteroatoms. The van der Waals surface area contributed by atoms with Gasteiger partial charge in [-0.25, -0.2) is 0 Å². The van der Waals surface area contributed by atoms with Gasteiger partial charge in [-0.2, -0.15) is 0 Å². The number of hydrogen-bond acceptors (Lipinski definition) is 3. The molecular weight excluding hydrogens is 336 g/mol. The molecule has 1 saturated heterocycles. The Morgan fingerprint density at radius 2 is 1.56 bits per heavy atom. The first-order valence-electron chi connectivity index (χ1n) is 10.0. The van der Waals surface area contributed by atoms with E-state index < -0.39 is 0 Å². The number of piperidine rings is 1. The maximum Gasteiger partial charge on any atom is 0.224 e. The molecule has 3 rings (SSSR count). The molecule has 0 atom stereocenters. The minimum absolute atomic E-state index is 0.0385. The number of benzene rings is 2. The van der Waals surface area contributed by atoms with Crippen LogP contribution in [-0.4, -0.2) is 30.5 Å². The number of hydrogen-bond donors (Lipinski definition) is 1. The number of nitrogens with one attached hydrogen (secondary N) is 1. The van der Waals surface area contributed by atoms with Crippen LogP contribution in [0, 0.1) is 0 Å². The van der Waals surface area contributed by atoms with Crippen LogP contribution in [0.1, 0.15) is 42.9 Å². The monoisotopic (exact) mass is 366 g/mol. The van der Waals surface area contributed by atoms with Crippen molar-refractivity contribution in [1.29, 1.82) is 0 Å². The zero-order valence-corrected chi connectivity index (χ0v) is 16.2. The lowest BCUT2D eigenvalue weighted by molar-refractivity contribution is -0.120. The third-order valence-electron chi connectivity index (χ3n) is 4.97. The number of likely N-dealkylation sites (tertiary alicyclic amines) is 1. The molecule has 1 aliphatic heterocycles. The second-order valence-corrected chi connectivity index (χ2v) is 7.18. The summed E-state index contributed by atoms with van der Waals surface area (Å²) in [5.41, 5.74) is 3.48. The summed E-state index contributed by atoms with van der Waals surface area (Å²) in [4.78, 5) is 14.7. The summed E-state index contributed by atoms with van der Waals surface area (Å²) in [6.45, 7) is 6.63. The molecule has 1 fully saturated rings. The van der Waals surface area contributed by atoms with Crippen molar-refractivity contribution in [2.75, 3.05) is 19.7 Å². The van der Waals surface area contributed by atoms with Gasteiger partial charge in [-0.05, 0) is 61.7 Å². The van der Waals surface area contributed by atoms with Crippen LogP contribution in [0.3, 0.4) is 0 Å². The van der Waals surface area contributed by atoms with E-state index in [9.17, 15) is 4.79 Å². The molecule has 0 bridgehead atoms. The van der Waals surface area contributed by atoms with Gasteiger partial charge in [0.05, 0.1) is 13.0 Å². The van der Waals surface area contributed by atoms with Crippen molar-refractivity contribution >= 4 is 5.91 Å². The third kappa shape index (κ3) is 6.40. The molecule has 1 N–H and O–H groups in total. The van der Waals surface area contributed by atoms with Crippen molar-refractivity contribution in [2.45, 2.75) is 45.7 Å². The van der Waals surface area contributed by atoms with Gasteiger partial charge in [-0.3, -0.25) is 9.69 Å². The first-order chi connectivity index (χ1) is 13.2. The molecule has 144 valence electrons. The summed E-state index contributed by atoms with van der Waals surface area (Å²) in [6.07, 6.45) is 4.39. The van der Waals surface area contributed by atoms with E-state index >= 15 is 0 Å². The van der Waals surface area contributed by atoms with Crippen LogP contribution in [0.4, 0.5) is 0 Å². The lowest BCUT2D eigenvalue weighted by atomic mass is 10.1. The highest BCUT2D eigenvalue weighted by molar-refractivity contribution is 5.78. The van der Waals surface area contributed by atoms with Gasteiger partial charge < -0.3 is 10.1 Å². The molecule has 27 heavy (non-hydrogen) atoms. The number of ether oxygens (including phenoxy) is 1. The molecule has 1 amide bonds. The molecule has 0 spiro atoms. The Morgan fingerprint density at radius 1 is 0.926 bits per heavy atom. The van der Waals surface area contributed by atoms with Crippen LogP contribution in [0.25, 0.3) is 0 Å². The molecule has 4 nitrogen and oxygen atoms in total. The summed E-state index contributed by atoms with van der Waals surface area (Å²) in [7, 11) is 0. The van der Waals surface area contributed by atoms with Crippen molar-refractivity contribution in [3.8, 4) is 5.75 Å². The van der Waals surface area contributed by atoms with E-state index in [1.165, 1.54) is 37.9 Å². The van der Waals surface area contributed by atoms with Crippen LogP contribution in [0.2, 0.25) is 0 Å². The molecule has 0 radical (unpaired) electrons. The number of rotatable bonds is 8. The van der Waals surface area contributed by atoms with E-state index in [-0.39, 0.29) is 5.91 Å². The summed E-state index contributed by atoms with van der Waals surface area (Å²) in [5.74, 6) is 0.878. The van der Waals surface area contributed by atoms with Crippen molar-refractivity contribution in [3.63, 3.8) is 0 Å². The smallest absolute Gasteiger partial charge is 0.224 e. The van der Waals surface area contributed by atoms with Gasteiger partial charge >= 0.3 is 0 Å². The Hall–Kier alpha value is -2.33. The zero-order valence-electron chi connectivity index (χ0n) is 16.2. The van der Waals surface area contributed by atoms with Gasteiger partial charge in [0.25, 0.3) is 0 Å². The Kier molecular flexibility index (Phi) is 7.28. The van der Waals surface area contributed by atoms with Gasteiger partial charge in [-0.1, -0.05) is 42.8 Å². The van der Waals surface area contributed by atoms with E-state index in [0.29, 0.717) is 19.6 Å². The lowest BCUT2D eigenvalue weighted by Crippen LogP contribution is -2.29. The fourth-order valence-electron chi connectivity index (χ4n) is 3.46. The maximum absolute atomic E-state index is 12.2. The minimum atomic E-state index is 0.0385. The topological polar surface area (TPSA) is 41.6 Å². The van der Waals surface area contributed by atoms with E-state index in [1.807, 2.05) is 31.2 Å². The molecule has 0 saturated carbocycles. The predicted octanol–water partition coefficient (Wildman–Crippen LogP) is 3.93. The van der Waals surface area contributed by atoms with Gasteiger partial charge in [0.1, 0.15) is 5.75 Å². The van der Waals surface area contributed by atoms with E-state index in [0.717, 1.165) is 23.4 Å². The predicted molar refractivity (Wildman–Crippen MR) is 109 cm³/mol. The van der Waals surface area contributed by atoms with Crippen LogP contribution in [-0.2, 0) is 24.3 Å². The minimum Gasteiger partial charge on any atom is -0.494 e. The average molecular weight is 367 g/mol. The molecule has 2 aromatic carbocycles. The molecule has 0 aliphatic carbocycles. The van der Waals surface area contributed by atoms with Crippen molar-refractivity contribution in [3.05, 3.63) is 65.2 Å².